The molecule has 9 heteroatoms. The van der Waals surface area contributed by atoms with Crippen LogP contribution in [0.5, 0.6) is 11.5 Å². The Hall–Kier alpha value is -4.79. The summed E-state index contributed by atoms with van der Waals surface area (Å²) in [4.78, 5) is 42.5. The van der Waals surface area contributed by atoms with Crippen molar-refractivity contribution >= 4 is 23.6 Å². The molecule has 3 N–H and O–H groups in total. The first kappa shape index (κ1) is 31.7. The van der Waals surface area contributed by atoms with Gasteiger partial charge in [-0.1, -0.05) is 48.0 Å². The standard InChI is InChI=1S/C33H39N3O6/c1-7-19-36(31(39)28(35-32(40)42-33(3,4)5)21-23-11-15-26(37)16-12-23)29(24-10-8-9-22(2)20-24)30(38)34-25-13-17-27(41-6)18-14-25/h7-18,20,28-29,37H,1,19,21H2,2-6H3,(H,34,38)(H,35,40). The number of amides is 3. The molecular weight excluding hydrogens is 534 g/mol. The van der Waals surface area contributed by atoms with E-state index in [2.05, 4.69) is 17.2 Å². The van der Waals surface area contributed by atoms with Gasteiger partial charge in [0.2, 0.25) is 5.91 Å². The van der Waals surface area contributed by atoms with Gasteiger partial charge in [-0.3, -0.25) is 9.59 Å². The van der Waals surface area contributed by atoms with E-state index in [4.69, 9.17) is 9.47 Å². The lowest BCUT2D eigenvalue weighted by Crippen LogP contribution is -2.53. The van der Waals surface area contributed by atoms with Gasteiger partial charge in [0.05, 0.1) is 7.11 Å². The zero-order valence-corrected chi connectivity index (χ0v) is 24.7. The largest absolute Gasteiger partial charge is 0.508 e. The lowest BCUT2D eigenvalue weighted by Gasteiger charge is -2.34. The summed E-state index contributed by atoms with van der Waals surface area (Å²) in [6.07, 6.45) is 0.854. The topological polar surface area (TPSA) is 117 Å². The van der Waals surface area contributed by atoms with Crippen LogP contribution in [0.15, 0.2) is 85.5 Å². The summed E-state index contributed by atoms with van der Waals surface area (Å²) in [5.74, 6) is -0.242. The van der Waals surface area contributed by atoms with Gasteiger partial charge in [-0.05, 0) is 75.2 Å². The molecule has 9 nitrogen and oxygen atoms in total. The summed E-state index contributed by atoms with van der Waals surface area (Å²) in [7, 11) is 1.56. The number of rotatable bonds is 11. The maximum absolute atomic E-state index is 14.3. The number of carbonyl (C=O) groups excluding carboxylic acids is 3. The number of hydrogen-bond donors (Lipinski definition) is 3. The minimum Gasteiger partial charge on any atom is -0.508 e. The third-order valence-electron chi connectivity index (χ3n) is 6.25. The van der Waals surface area contributed by atoms with Crippen molar-refractivity contribution in [3.63, 3.8) is 0 Å². The highest BCUT2D eigenvalue weighted by molar-refractivity contribution is 5.99. The summed E-state index contributed by atoms with van der Waals surface area (Å²) >= 11 is 0. The first-order valence-corrected chi connectivity index (χ1v) is 13.6. The predicted octanol–water partition coefficient (Wildman–Crippen LogP) is 5.54. The molecule has 3 amide bonds. The molecule has 0 aliphatic rings. The Labute approximate surface area is 247 Å². The van der Waals surface area contributed by atoms with Crippen molar-refractivity contribution in [2.75, 3.05) is 19.0 Å². The van der Waals surface area contributed by atoms with Crippen LogP contribution in [0.3, 0.4) is 0 Å². The van der Waals surface area contributed by atoms with E-state index in [1.54, 1.807) is 70.3 Å². The zero-order valence-electron chi connectivity index (χ0n) is 24.7. The Morgan fingerprint density at radius 3 is 2.26 bits per heavy atom. The van der Waals surface area contributed by atoms with Crippen molar-refractivity contribution in [1.82, 2.24) is 10.2 Å². The molecule has 0 aliphatic heterocycles. The smallest absolute Gasteiger partial charge is 0.408 e. The molecular formula is C33H39N3O6. The van der Waals surface area contributed by atoms with E-state index >= 15 is 0 Å². The number of benzene rings is 3. The summed E-state index contributed by atoms with van der Waals surface area (Å²) in [5.41, 5.74) is 1.93. The molecule has 3 aromatic carbocycles. The summed E-state index contributed by atoms with van der Waals surface area (Å²) < 4.78 is 10.7. The second-order valence-electron chi connectivity index (χ2n) is 10.9. The molecule has 222 valence electrons. The van der Waals surface area contributed by atoms with Crippen LogP contribution in [0.25, 0.3) is 0 Å². The second kappa shape index (κ2) is 14.2. The highest BCUT2D eigenvalue weighted by Gasteiger charge is 2.36. The van der Waals surface area contributed by atoms with E-state index in [0.29, 0.717) is 22.6 Å². The van der Waals surface area contributed by atoms with Crippen molar-refractivity contribution in [2.24, 2.45) is 0 Å². The molecule has 3 rings (SSSR count). The minimum atomic E-state index is -1.09. The molecule has 0 spiro atoms. The third kappa shape index (κ3) is 9.12. The highest BCUT2D eigenvalue weighted by Crippen LogP contribution is 2.26. The van der Waals surface area contributed by atoms with Crippen LogP contribution >= 0.6 is 0 Å². The van der Waals surface area contributed by atoms with Gasteiger partial charge in [0, 0.05) is 18.7 Å². The van der Waals surface area contributed by atoms with E-state index < -0.39 is 35.6 Å². The first-order chi connectivity index (χ1) is 19.9. The molecule has 0 heterocycles. The van der Waals surface area contributed by atoms with Gasteiger partial charge < -0.3 is 30.1 Å². The molecule has 3 aromatic rings. The van der Waals surface area contributed by atoms with Gasteiger partial charge in [-0.15, -0.1) is 6.58 Å². The lowest BCUT2D eigenvalue weighted by atomic mass is 9.99. The fourth-order valence-corrected chi connectivity index (χ4v) is 4.38. The number of alkyl carbamates (subject to hydrolysis) is 1. The Morgan fingerprint density at radius 2 is 1.69 bits per heavy atom. The average Bonchev–Trinajstić information content (AvgIpc) is 2.92. The first-order valence-electron chi connectivity index (χ1n) is 13.6. The third-order valence-corrected chi connectivity index (χ3v) is 6.25. The van der Waals surface area contributed by atoms with Crippen molar-refractivity contribution in [3.05, 3.63) is 102 Å². The molecule has 0 aliphatic carbocycles. The van der Waals surface area contributed by atoms with Gasteiger partial charge in [0.15, 0.2) is 0 Å². The Bertz CT molecular complexity index is 1380. The molecule has 0 saturated heterocycles. The predicted molar refractivity (Wildman–Crippen MR) is 162 cm³/mol. The summed E-state index contributed by atoms with van der Waals surface area (Å²) in [5, 5.41) is 15.3. The average molecular weight is 574 g/mol. The van der Waals surface area contributed by atoms with Crippen LogP contribution < -0.4 is 15.4 Å². The fourth-order valence-electron chi connectivity index (χ4n) is 4.38. The van der Waals surface area contributed by atoms with Crippen molar-refractivity contribution < 1.29 is 29.0 Å². The highest BCUT2D eigenvalue weighted by atomic mass is 16.6. The van der Waals surface area contributed by atoms with E-state index in [-0.39, 0.29) is 18.7 Å². The number of phenolic OH excluding ortho intramolecular Hbond substituents is 1. The SMILES string of the molecule is C=CCN(C(=O)C(Cc1ccc(O)cc1)NC(=O)OC(C)(C)C)C(C(=O)Nc1ccc(OC)cc1)c1cccc(C)c1. The van der Waals surface area contributed by atoms with Crippen LogP contribution in [0.1, 0.15) is 43.5 Å². The van der Waals surface area contributed by atoms with Crippen molar-refractivity contribution in [1.29, 1.82) is 0 Å². The molecule has 0 radical (unpaired) electrons. The molecule has 0 fully saturated rings. The van der Waals surface area contributed by atoms with E-state index in [0.717, 1.165) is 5.56 Å². The number of aromatic hydroxyl groups is 1. The normalized spacial score (nSPS) is 12.4. The van der Waals surface area contributed by atoms with Crippen LogP contribution in [0.2, 0.25) is 0 Å². The number of carbonyl (C=O) groups is 3. The van der Waals surface area contributed by atoms with Crippen LogP contribution in [0, 0.1) is 6.92 Å². The van der Waals surface area contributed by atoms with E-state index in [1.165, 1.54) is 23.1 Å². The quantitative estimate of drug-likeness (QED) is 0.259. The second-order valence-corrected chi connectivity index (χ2v) is 10.9. The van der Waals surface area contributed by atoms with Gasteiger partial charge in [0.1, 0.15) is 29.2 Å². The maximum atomic E-state index is 14.3. The van der Waals surface area contributed by atoms with Gasteiger partial charge in [0.25, 0.3) is 5.91 Å². The summed E-state index contributed by atoms with van der Waals surface area (Å²) in [6.45, 7) is 10.9. The number of phenols is 1. The fraction of sp³-hybridized carbons (Fsp3) is 0.303. The monoisotopic (exact) mass is 573 g/mol. The van der Waals surface area contributed by atoms with Crippen molar-refractivity contribution in [2.45, 2.75) is 51.8 Å². The van der Waals surface area contributed by atoms with Crippen molar-refractivity contribution in [3.8, 4) is 11.5 Å². The van der Waals surface area contributed by atoms with E-state index in [9.17, 15) is 19.5 Å². The zero-order chi connectivity index (χ0) is 30.9. The molecule has 0 bridgehead atoms. The number of nitrogens with one attached hydrogen (secondary N) is 2. The number of ether oxygens (including phenoxy) is 2. The van der Waals surface area contributed by atoms with Gasteiger partial charge >= 0.3 is 6.09 Å². The molecule has 42 heavy (non-hydrogen) atoms. The maximum Gasteiger partial charge on any atom is 0.408 e. The molecule has 0 aromatic heterocycles. The Morgan fingerprint density at radius 1 is 1.02 bits per heavy atom. The number of hydrogen-bond acceptors (Lipinski definition) is 6. The van der Waals surface area contributed by atoms with E-state index in [1.807, 2.05) is 25.1 Å². The lowest BCUT2D eigenvalue weighted by molar-refractivity contribution is -0.140. The molecule has 0 saturated carbocycles. The Balaban J connectivity index is 2.03. The number of anilines is 1. The Kier molecular flexibility index (Phi) is 10.7. The number of nitrogens with zero attached hydrogens (tertiary/aromatic N) is 1. The minimum absolute atomic E-state index is 0.0234. The van der Waals surface area contributed by atoms with Crippen LogP contribution in [0.4, 0.5) is 10.5 Å². The van der Waals surface area contributed by atoms with Gasteiger partial charge in [-0.25, -0.2) is 4.79 Å². The van der Waals surface area contributed by atoms with Gasteiger partial charge in [-0.2, -0.15) is 0 Å². The molecule has 2 unspecified atom stereocenters. The molecule has 2 atom stereocenters. The number of aryl methyl sites for hydroxylation is 1. The van der Waals surface area contributed by atoms with Crippen LogP contribution in [-0.4, -0.2) is 53.2 Å². The van der Waals surface area contributed by atoms with Crippen LogP contribution in [-0.2, 0) is 20.7 Å². The number of methoxy groups -OCH3 is 1. The summed E-state index contributed by atoms with van der Waals surface area (Å²) in [6, 6.07) is 18.4.